The summed E-state index contributed by atoms with van der Waals surface area (Å²) in [5.74, 6) is 0. The van der Waals surface area contributed by atoms with Gasteiger partial charge in [-0.1, -0.05) is 19.8 Å². The maximum absolute atomic E-state index is 12.5. The van der Waals surface area contributed by atoms with Crippen LogP contribution in [0.25, 0.3) is 0 Å². The number of hydrogen-bond donors (Lipinski definition) is 0. The molecule has 0 N–H and O–H groups in total. The van der Waals surface area contributed by atoms with E-state index >= 15 is 0 Å². The van der Waals surface area contributed by atoms with Gasteiger partial charge < -0.3 is 12.9 Å². The van der Waals surface area contributed by atoms with Gasteiger partial charge in [0.15, 0.2) is 0 Å². The third-order valence-electron chi connectivity index (χ3n) is 3.34. The van der Waals surface area contributed by atoms with E-state index < -0.39 is 12.4 Å². The van der Waals surface area contributed by atoms with Crippen molar-refractivity contribution in [2.24, 2.45) is 0 Å². The molecule has 16 heavy (non-hydrogen) atoms. The smallest absolute Gasteiger partial charge is 0.445 e. The van der Waals surface area contributed by atoms with E-state index in [2.05, 4.69) is 6.58 Å². The van der Waals surface area contributed by atoms with Gasteiger partial charge in [-0.3, -0.25) is 4.90 Å². The van der Waals surface area contributed by atoms with Gasteiger partial charge in [0.2, 0.25) is 0 Å². The number of halogens is 3. The molecule has 0 saturated carbocycles. The normalized spacial score (nSPS) is 24.1. The fourth-order valence-corrected chi connectivity index (χ4v) is 2.27. The van der Waals surface area contributed by atoms with E-state index in [1.54, 1.807) is 0 Å². The highest BCUT2D eigenvalue weighted by atomic mass is 19.4. The number of hydrogen-bond acceptors (Lipinski definition) is 1. The van der Waals surface area contributed by atoms with Crippen molar-refractivity contribution in [2.45, 2.75) is 45.1 Å². The Bertz CT molecular complexity index is 240. The van der Waals surface area contributed by atoms with Crippen LogP contribution >= 0.6 is 0 Å². The van der Waals surface area contributed by atoms with Gasteiger partial charge in [0, 0.05) is 6.04 Å². The lowest BCUT2D eigenvalue weighted by molar-refractivity contribution is 0.211. The fraction of sp³-hybridized carbons (Fsp3) is 0.818. The molecular formula is C11H20BF3N-. The molecule has 1 heterocycles. The third-order valence-corrected chi connectivity index (χ3v) is 3.34. The van der Waals surface area contributed by atoms with Gasteiger partial charge in [0.25, 0.3) is 0 Å². The van der Waals surface area contributed by atoms with Gasteiger partial charge in [-0.15, -0.1) is 12.1 Å². The minimum absolute atomic E-state index is 0.00199. The van der Waals surface area contributed by atoms with Crippen LogP contribution < -0.4 is 0 Å². The lowest BCUT2D eigenvalue weighted by Crippen LogP contribution is -2.39. The lowest BCUT2D eigenvalue weighted by Gasteiger charge is -2.32. The van der Waals surface area contributed by atoms with Crippen LogP contribution in [-0.4, -0.2) is 31.0 Å². The molecule has 1 saturated heterocycles. The van der Waals surface area contributed by atoms with E-state index in [-0.39, 0.29) is 6.54 Å². The maximum atomic E-state index is 12.5. The zero-order chi connectivity index (χ0) is 12.2. The monoisotopic (exact) mass is 234 g/mol. The lowest BCUT2D eigenvalue weighted by atomic mass is 9.80. The number of rotatable bonds is 4. The Hall–Kier alpha value is -0.445. The highest BCUT2D eigenvalue weighted by Crippen LogP contribution is 2.24. The Kier molecular flexibility index (Phi) is 4.90. The molecule has 0 radical (unpaired) electrons. The van der Waals surface area contributed by atoms with Crippen molar-refractivity contribution < 1.29 is 12.9 Å². The molecule has 0 aromatic carbocycles. The molecule has 0 spiro atoms. The van der Waals surface area contributed by atoms with Crippen LogP contribution in [0.5, 0.6) is 0 Å². The van der Waals surface area contributed by atoms with E-state index in [1.807, 2.05) is 11.8 Å². The Labute approximate surface area is 95.8 Å². The second kappa shape index (κ2) is 5.76. The number of likely N-dealkylation sites (tertiary alicyclic amines) is 1. The van der Waals surface area contributed by atoms with Crippen molar-refractivity contribution in [1.82, 2.24) is 4.90 Å². The molecule has 0 bridgehead atoms. The number of nitrogens with zero attached hydrogens (tertiary/aromatic N) is 1. The molecule has 1 aliphatic heterocycles. The van der Waals surface area contributed by atoms with Gasteiger partial charge in [0.1, 0.15) is 0 Å². The summed E-state index contributed by atoms with van der Waals surface area (Å²) >= 11 is 0. The quantitative estimate of drug-likeness (QED) is 0.672. The van der Waals surface area contributed by atoms with Crippen LogP contribution in [-0.2, 0) is 0 Å². The Morgan fingerprint density at radius 2 is 2.00 bits per heavy atom. The van der Waals surface area contributed by atoms with Crippen LogP contribution in [0, 0.1) is 0 Å². The molecule has 0 aromatic rings. The molecule has 0 amide bonds. The van der Waals surface area contributed by atoms with Gasteiger partial charge in [-0.2, -0.15) is 0 Å². The van der Waals surface area contributed by atoms with Crippen LogP contribution in [0.2, 0.25) is 0 Å². The van der Waals surface area contributed by atoms with E-state index in [1.165, 1.54) is 0 Å². The minimum Gasteiger partial charge on any atom is -0.445 e. The summed E-state index contributed by atoms with van der Waals surface area (Å²) in [6.45, 7) is 1.14. The second-order valence-corrected chi connectivity index (χ2v) is 4.61. The van der Waals surface area contributed by atoms with E-state index in [9.17, 15) is 12.9 Å². The maximum Gasteiger partial charge on any atom is 0.506 e. The highest BCUT2D eigenvalue weighted by molar-refractivity contribution is 6.66. The highest BCUT2D eigenvalue weighted by Gasteiger charge is 2.29. The van der Waals surface area contributed by atoms with Crippen molar-refractivity contribution >= 4 is 6.98 Å². The summed E-state index contributed by atoms with van der Waals surface area (Å²) in [4.78, 5) is 1.96. The SMILES string of the molecule is C=C(CN1CCCCCC1CC)[B-](F)(F)F. The van der Waals surface area contributed by atoms with Gasteiger partial charge in [-0.25, -0.2) is 0 Å². The Balaban J connectivity index is 2.58. The van der Waals surface area contributed by atoms with Gasteiger partial charge >= 0.3 is 6.98 Å². The van der Waals surface area contributed by atoms with Gasteiger partial charge in [0.05, 0.1) is 0 Å². The first-order valence-corrected chi connectivity index (χ1v) is 6.06. The molecule has 0 aromatic heterocycles. The largest absolute Gasteiger partial charge is 0.506 e. The first-order chi connectivity index (χ1) is 7.45. The summed E-state index contributed by atoms with van der Waals surface area (Å²) in [5.41, 5.74) is -0.555. The van der Waals surface area contributed by atoms with Gasteiger partial charge in [-0.05, 0) is 32.4 Å². The third kappa shape index (κ3) is 3.85. The molecule has 1 rings (SSSR count). The van der Waals surface area contributed by atoms with Crippen molar-refractivity contribution in [3.05, 3.63) is 12.1 Å². The molecule has 94 valence electrons. The summed E-state index contributed by atoms with van der Waals surface area (Å²) < 4.78 is 37.4. The summed E-state index contributed by atoms with van der Waals surface area (Å²) in [6.07, 6.45) is 5.23. The zero-order valence-corrected chi connectivity index (χ0v) is 9.89. The fourth-order valence-electron chi connectivity index (χ4n) is 2.27. The summed E-state index contributed by atoms with van der Waals surface area (Å²) in [5, 5.41) is 0. The average Bonchev–Trinajstić information content (AvgIpc) is 2.41. The predicted octanol–water partition coefficient (Wildman–Crippen LogP) is 3.58. The summed E-state index contributed by atoms with van der Waals surface area (Å²) in [6, 6.07) is 0.303. The molecule has 1 aliphatic rings. The van der Waals surface area contributed by atoms with Crippen molar-refractivity contribution in [1.29, 1.82) is 0 Å². The standard InChI is InChI=1S/C11H20BF3N/c1-3-11-7-5-4-6-8-16(11)9-10(2)12(13,14)15/h11H,2-9H2,1H3/q-1. The molecular weight excluding hydrogens is 214 g/mol. The van der Waals surface area contributed by atoms with Crippen LogP contribution in [0.1, 0.15) is 39.0 Å². The van der Waals surface area contributed by atoms with E-state index in [0.717, 1.165) is 38.6 Å². The molecule has 1 nitrogen and oxygen atoms in total. The van der Waals surface area contributed by atoms with Crippen molar-refractivity contribution in [3.8, 4) is 0 Å². The average molecular weight is 234 g/mol. The van der Waals surface area contributed by atoms with Crippen LogP contribution in [0.15, 0.2) is 12.1 Å². The topological polar surface area (TPSA) is 3.24 Å². The first kappa shape index (κ1) is 13.6. The molecule has 1 fully saturated rings. The minimum atomic E-state index is -4.87. The zero-order valence-electron chi connectivity index (χ0n) is 9.89. The predicted molar refractivity (Wildman–Crippen MR) is 62.3 cm³/mol. The summed E-state index contributed by atoms with van der Waals surface area (Å²) in [7, 11) is 0. The van der Waals surface area contributed by atoms with E-state index in [0.29, 0.717) is 6.04 Å². The van der Waals surface area contributed by atoms with Crippen LogP contribution in [0.4, 0.5) is 12.9 Å². The Morgan fingerprint density at radius 1 is 1.31 bits per heavy atom. The van der Waals surface area contributed by atoms with E-state index in [4.69, 9.17) is 0 Å². The second-order valence-electron chi connectivity index (χ2n) is 4.61. The molecule has 5 heteroatoms. The molecule has 1 atom stereocenters. The first-order valence-electron chi connectivity index (χ1n) is 6.06. The Morgan fingerprint density at radius 3 is 2.56 bits per heavy atom. The molecule has 1 unspecified atom stereocenters. The van der Waals surface area contributed by atoms with Crippen LogP contribution in [0.3, 0.4) is 0 Å². The van der Waals surface area contributed by atoms with Crippen molar-refractivity contribution in [3.63, 3.8) is 0 Å². The van der Waals surface area contributed by atoms with Crippen molar-refractivity contribution in [2.75, 3.05) is 13.1 Å². The molecule has 0 aliphatic carbocycles.